The fraction of sp³-hybridized carbons (Fsp3) is 0.500. The maximum absolute atomic E-state index is 5.67. The van der Waals surface area contributed by atoms with Gasteiger partial charge in [-0.3, -0.25) is 0 Å². The van der Waals surface area contributed by atoms with Crippen molar-refractivity contribution in [1.29, 1.82) is 0 Å². The summed E-state index contributed by atoms with van der Waals surface area (Å²) in [4.78, 5) is 4.27. The Kier molecular flexibility index (Phi) is 5.95. The molecule has 1 rings (SSSR count). The summed E-state index contributed by atoms with van der Waals surface area (Å²) in [5.41, 5.74) is 0. The molecule has 17 heavy (non-hydrogen) atoms. The molecule has 0 unspecified atom stereocenters. The number of unbranched alkanes of at least 4 members (excludes halogenated alkanes) is 2. The molecule has 0 aromatic carbocycles. The van der Waals surface area contributed by atoms with E-state index in [2.05, 4.69) is 16.2 Å². The monoisotopic (exact) mass is 232 g/mol. The van der Waals surface area contributed by atoms with Crippen LogP contribution >= 0.6 is 0 Å². The zero-order valence-electron chi connectivity index (χ0n) is 10.6. The van der Waals surface area contributed by atoms with Gasteiger partial charge in [-0.15, -0.1) is 12.3 Å². The molecule has 1 heterocycles. The molecule has 0 aliphatic heterocycles. The second kappa shape index (κ2) is 7.56. The lowest BCUT2D eigenvalue weighted by Crippen LogP contribution is -2.10. The predicted octanol–water partition coefficient (Wildman–Crippen LogP) is 3.08. The quantitative estimate of drug-likeness (QED) is 0.579. The zero-order chi connectivity index (χ0) is 12.5. The van der Waals surface area contributed by atoms with Crippen molar-refractivity contribution in [2.45, 2.75) is 39.2 Å². The highest BCUT2D eigenvalue weighted by Gasteiger charge is 2.05. The van der Waals surface area contributed by atoms with E-state index < -0.39 is 0 Å². The highest BCUT2D eigenvalue weighted by molar-refractivity contribution is 5.49. The third-order valence-electron chi connectivity index (χ3n) is 2.17. The normalized spacial score (nSPS) is 10.0. The molecule has 92 valence electrons. The molecule has 1 N–H and O–H groups in total. The largest absolute Gasteiger partial charge is 0.487 e. The molecule has 0 amide bonds. The van der Waals surface area contributed by atoms with Crippen LogP contribution in [0.1, 0.15) is 33.1 Å². The van der Waals surface area contributed by atoms with Gasteiger partial charge in [0, 0.05) is 19.2 Å². The predicted molar refractivity (Wildman–Crippen MR) is 71.2 cm³/mol. The Balaban J connectivity index is 2.44. The summed E-state index contributed by atoms with van der Waals surface area (Å²) < 4.78 is 5.67. The molecule has 0 spiro atoms. The maximum atomic E-state index is 5.67. The molecular weight excluding hydrogens is 212 g/mol. The van der Waals surface area contributed by atoms with Crippen LogP contribution in [0, 0.1) is 12.3 Å². The van der Waals surface area contributed by atoms with Crippen LogP contribution in [0.15, 0.2) is 18.3 Å². The molecule has 0 fully saturated rings. The molecule has 3 nitrogen and oxygen atoms in total. The van der Waals surface area contributed by atoms with Gasteiger partial charge in [0.15, 0.2) is 11.6 Å². The number of aromatic nitrogens is 1. The van der Waals surface area contributed by atoms with Crippen LogP contribution in [-0.4, -0.2) is 17.6 Å². The first-order valence-corrected chi connectivity index (χ1v) is 6.03. The topological polar surface area (TPSA) is 34.2 Å². The number of nitrogens with zero attached hydrogens (tertiary/aromatic N) is 1. The maximum Gasteiger partial charge on any atom is 0.168 e. The standard InChI is InChI=1S/C14H20N2O/c1-4-5-6-7-10-15-14-13(17-12(2)3)9-8-11-16-14/h1,8-9,11-12H,5-7,10H2,2-3H3,(H,15,16). The number of nitrogens with one attached hydrogen (secondary N) is 1. The van der Waals surface area contributed by atoms with E-state index in [0.29, 0.717) is 0 Å². The van der Waals surface area contributed by atoms with Crippen molar-refractivity contribution in [3.05, 3.63) is 18.3 Å². The lowest BCUT2D eigenvalue weighted by molar-refractivity contribution is 0.243. The van der Waals surface area contributed by atoms with Crippen LogP contribution in [0.4, 0.5) is 5.82 Å². The van der Waals surface area contributed by atoms with E-state index in [1.807, 2.05) is 26.0 Å². The first-order valence-electron chi connectivity index (χ1n) is 6.03. The minimum absolute atomic E-state index is 0.154. The molecule has 0 aliphatic rings. The molecule has 0 radical (unpaired) electrons. The number of terminal acetylenes is 1. The Bertz CT molecular complexity index is 369. The number of hydrogen-bond donors (Lipinski definition) is 1. The van der Waals surface area contributed by atoms with Crippen LogP contribution in [0.3, 0.4) is 0 Å². The molecule has 0 atom stereocenters. The van der Waals surface area contributed by atoms with Crippen LogP contribution < -0.4 is 10.1 Å². The van der Waals surface area contributed by atoms with Gasteiger partial charge in [0.1, 0.15) is 0 Å². The van der Waals surface area contributed by atoms with Gasteiger partial charge in [-0.05, 0) is 38.8 Å². The van der Waals surface area contributed by atoms with Gasteiger partial charge in [0.05, 0.1) is 6.10 Å². The van der Waals surface area contributed by atoms with E-state index in [9.17, 15) is 0 Å². The number of anilines is 1. The van der Waals surface area contributed by atoms with Crippen LogP contribution in [-0.2, 0) is 0 Å². The van der Waals surface area contributed by atoms with Crippen LogP contribution in [0.25, 0.3) is 0 Å². The van der Waals surface area contributed by atoms with Gasteiger partial charge in [0.25, 0.3) is 0 Å². The van der Waals surface area contributed by atoms with Gasteiger partial charge < -0.3 is 10.1 Å². The summed E-state index contributed by atoms with van der Waals surface area (Å²) in [6, 6.07) is 3.80. The number of hydrogen-bond acceptors (Lipinski definition) is 3. The van der Waals surface area contributed by atoms with Gasteiger partial charge in [-0.25, -0.2) is 4.98 Å². The minimum atomic E-state index is 0.154. The molecule has 1 aromatic heterocycles. The molecule has 0 aliphatic carbocycles. The molecule has 0 bridgehead atoms. The summed E-state index contributed by atoms with van der Waals surface area (Å²) in [5, 5.41) is 3.27. The average Bonchev–Trinajstić information content (AvgIpc) is 2.30. The summed E-state index contributed by atoms with van der Waals surface area (Å²) in [5.74, 6) is 4.25. The Morgan fingerprint density at radius 2 is 2.29 bits per heavy atom. The summed E-state index contributed by atoms with van der Waals surface area (Å²) in [7, 11) is 0. The first-order chi connectivity index (χ1) is 8.24. The third-order valence-corrected chi connectivity index (χ3v) is 2.17. The molecule has 3 heteroatoms. The molecular formula is C14H20N2O. The number of pyridine rings is 1. The van der Waals surface area contributed by atoms with Crippen molar-refractivity contribution < 1.29 is 4.74 Å². The SMILES string of the molecule is C#CCCCCNc1ncccc1OC(C)C. The average molecular weight is 232 g/mol. The van der Waals surface area contributed by atoms with Gasteiger partial charge in [-0.1, -0.05) is 0 Å². The Morgan fingerprint density at radius 1 is 1.47 bits per heavy atom. The lowest BCUT2D eigenvalue weighted by Gasteiger charge is -2.14. The summed E-state index contributed by atoms with van der Waals surface area (Å²) in [6.45, 7) is 4.88. The highest BCUT2D eigenvalue weighted by Crippen LogP contribution is 2.21. The van der Waals surface area contributed by atoms with Crippen molar-refractivity contribution in [1.82, 2.24) is 4.98 Å². The lowest BCUT2D eigenvalue weighted by atomic mass is 10.2. The Labute approximate surface area is 104 Å². The fourth-order valence-corrected chi connectivity index (χ4v) is 1.43. The van der Waals surface area contributed by atoms with Crippen LogP contribution in [0.2, 0.25) is 0 Å². The summed E-state index contributed by atoms with van der Waals surface area (Å²) in [6.07, 6.45) is 10.0. The highest BCUT2D eigenvalue weighted by atomic mass is 16.5. The Hall–Kier alpha value is -1.69. The first kappa shape index (κ1) is 13.4. The minimum Gasteiger partial charge on any atom is -0.487 e. The van der Waals surface area contributed by atoms with Crippen molar-refractivity contribution in [3.63, 3.8) is 0 Å². The van der Waals surface area contributed by atoms with Crippen molar-refractivity contribution >= 4 is 5.82 Å². The van der Waals surface area contributed by atoms with E-state index in [4.69, 9.17) is 11.2 Å². The van der Waals surface area contributed by atoms with Gasteiger partial charge in [-0.2, -0.15) is 0 Å². The van der Waals surface area contributed by atoms with Crippen molar-refractivity contribution in [3.8, 4) is 18.1 Å². The van der Waals surface area contributed by atoms with Gasteiger partial charge in [0.2, 0.25) is 0 Å². The smallest absolute Gasteiger partial charge is 0.168 e. The molecule has 1 aromatic rings. The third kappa shape index (κ3) is 5.26. The number of rotatable bonds is 7. The zero-order valence-corrected chi connectivity index (χ0v) is 10.6. The second-order valence-electron chi connectivity index (χ2n) is 4.10. The fourth-order valence-electron chi connectivity index (χ4n) is 1.43. The van der Waals surface area contributed by atoms with Gasteiger partial charge >= 0.3 is 0 Å². The van der Waals surface area contributed by atoms with E-state index in [1.54, 1.807) is 6.20 Å². The molecule has 0 saturated heterocycles. The summed E-state index contributed by atoms with van der Waals surface area (Å²) >= 11 is 0. The van der Waals surface area contributed by atoms with E-state index in [-0.39, 0.29) is 6.10 Å². The van der Waals surface area contributed by atoms with Crippen LogP contribution in [0.5, 0.6) is 5.75 Å². The van der Waals surface area contributed by atoms with Crippen molar-refractivity contribution in [2.24, 2.45) is 0 Å². The van der Waals surface area contributed by atoms with E-state index in [1.165, 1.54) is 0 Å². The Morgan fingerprint density at radius 3 is 3.00 bits per heavy atom. The molecule has 0 saturated carbocycles. The van der Waals surface area contributed by atoms with E-state index >= 15 is 0 Å². The second-order valence-corrected chi connectivity index (χ2v) is 4.10. The number of ether oxygens (including phenoxy) is 1. The van der Waals surface area contributed by atoms with Crippen molar-refractivity contribution in [2.75, 3.05) is 11.9 Å². The van der Waals surface area contributed by atoms with E-state index in [0.717, 1.165) is 37.4 Å².